The van der Waals surface area contributed by atoms with Gasteiger partial charge < -0.3 is 19.5 Å². The lowest BCUT2D eigenvalue weighted by atomic mass is 10.2. The summed E-state index contributed by atoms with van der Waals surface area (Å²) in [5, 5.41) is 10.4. The predicted molar refractivity (Wildman–Crippen MR) is 127 cm³/mol. The molecule has 0 atom stereocenters. The van der Waals surface area contributed by atoms with Gasteiger partial charge in [-0.15, -0.1) is 16.9 Å². The van der Waals surface area contributed by atoms with E-state index in [0.29, 0.717) is 51.5 Å². The third kappa shape index (κ3) is 6.32. The van der Waals surface area contributed by atoms with Gasteiger partial charge in [0.15, 0.2) is 11.5 Å². The molecular weight excluding hydrogens is 506 g/mol. The standard InChI is InChI=1S/C21H21BrClN3O4S/c1-28-16-8-3-13(11-17(16)29-2)12-24-19-18(22)20(27)25-26-21(19)30-9-10-31-15-6-4-14(23)5-7-15/h3-8,11H,9-10,12H2,1-2H3,(H2,24,25,27). The van der Waals surface area contributed by atoms with Gasteiger partial charge in [-0.2, -0.15) is 0 Å². The average molecular weight is 527 g/mol. The number of rotatable bonds is 10. The molecule has 0 radical (unpaired) electrons. The van der Waals surface area contributed by atoms with Crippen molar-refractivity contribution in [2.75, 3.05) is 31.9 Å². The van der Waals surface area contributed by atoms with Gasteiger partial charge in [0.1, 0.15) is 10.2 Å². The van der Waals surface area contributed by atoms with E-state index in [0.717, 1.165) is 10.5 Å². The zero-order valence-corrected chi connectivity index (χ0v) is 20.1. The number of H-pyrrole nitrogens is 1. The fraction of sp³-hybridized carbons (Fsp3) is 0.238. The third-order valence-corrected chi connectivity index (χ3v) is 6.20. The summed E-state index contributed by atoms with van der Waals surface area (Å²) < 4.78 is 16.7. The number of nitrogens with zero attached hydrogens (tertiary/aromatic N) is 1. The van der Waals surface area contributed by atoms with Crippen molar-refractivity contribution in [1.29, 1.82) is 0 Å². The predicted octanol–water partition coefficient (Wildman–Crippen LogP) is 4.99. The number of nitrogens with one attached hydrogen (secondary N) is 2. The number of thioether (sulfide) groups is 1. The molecular formula is C21H21BrClN3O4S. The average Bonchev–Trinajstić information content (AvgIpc) is 2.79. The first-order chi connectivity index (χ1) is 15.0. The Bertz CT molecular complexity index is 1080. The molecule has 0 unspecified atom stereocenters. The Morgan fingerprint density at radius 2 is 1.87 bits per heavy atom. The van der Waals surface area contributed by atoms with Crippen LogP contribution in [0.2, 0.25) is 5.02 Å². The highest BCUT2D eigenvalue weighted by Gasteiger charge is 2.14. The number of methoxy groups -OCH3 is 2. The van der Waals surface area contributed by atoms with Crippen LogP contribution in [0.15, 0.2) is 56.6 Å². The summed E-state index contributed by atoms with van der Waals surface area (Å²) in [5.41, 5.74) is 1.07. The van der Waals surface area contributed by atoms with Crippen LogP contribution in [0, 0.1) is 0 Å². The van der Waals surface area contributed by atoms with Gasteiger partial charge in [0.05, 0.1) is 20.8 Å². The zero-order chi connectivity index (χ0) is 22.2. The number of halogens is 2. The third-order valence-electron chi connectivity index (χ3n) is 4.21. The lowest BCUT2D eigenvalue weighted by molar-refractivity contribution is 0.327. The molecule has 0 saturated carbocycles. The number of aromatic nitrogens is 2. The lowest BCUT2D eigenvalue weighted by Crippen LogP contribution is -2.16. The van der Waals surface area contributed by atoms with Crippen LogP contribution in [0.3, 0.4) is 0 Å². The van der Waals surface area contributed by atoms with Crippen molar-refractivity contribution < 1.29 is 14.2 Å². The van der Waals surface area contributed by atoms with E-state index >= 15 is 0 Å². The molecule has 0 aliphatic heterocycles. The normalized spacial score (nSPS) is 10.6. The van der Waals surface area contributed by atoms with Gasteiger partial charge >= 0.3 is 0 Å². The summed E-state index contributed by atoms with van der Waals surface area (Å²) in [5.74, 6) is 2.28. The summed E-state index contributed by atoms with van der Waals surface area (Å²) >= 11 is 10.9. The van der Waals surface area contributed by atoms with E-state index in [1.54, 1.807) is 26.0 Å². The molecule has 0 saturated heterocycles. The van der Waals surface area contributed by atoms with Gasteiger partial charge in [-0.05, 0) is 57.9 Å². The van der Waals surface area contributed by atoms with Gasteiger partial charge in [-0.25, -0.2) is 5.10 Å². The number of anilines is 1. The topological polar surface area (TPSA) is 85.5 Å². The fourth-order valence-electron chi connectivity index (χ4n) is 2.68. The van der Waals surface area contributed by atoms with Crippen LogP contribution in [0.5, 0.6) is 17.4 Å². The van der Waals surface area contributed by atoms with Gasteiger partial charge in [-0.3, -0.25) is 4.79 Å². The molecule has 0 aliphatic carbocycles. The number of benzene rings is 2. The molecule has 164 valence electrons. The maximum absolute atomic E-state index is 12.0. The van der Waals surface area contributed by atoms with Crippen LogP contribution in [0.1, 0.15) is 5.56 Å². The molecule has 0 spiro atoms. The molecule has 0 aliphatic rings. The highest BCUT2D eigenvalue weighted by molar-refractivity contribution is 9.10. The number of hydrogen-bond donors (Lipinski definition) is 2. The van der Waals surface area contributed by atoms with Crippen LogP contribution in [-0.4, -0.2) is 36.8 Å². The van der Waals surface area contributed by atoms with Crippen molar-refractivity contribution in [2.45, 2.75) is 11.4 Å². The Morgan fingerprint density at radius 1 is 1.13 bits per heavy atom. The summed E-state index contributed by atoms with van der Waals surface area (Å²) in [7, 11) is 3.17. The SMILES string of the molecule is COc1ccc(CNc2c(OCCSc3ccc(Cl)cc3)n[nH]c(=O)c2Br)cc1OC. The maximum atomic E-state index is 12.0. The van der Waals surface area contributed by atoms with Crippen LogP contribution in [0.25, 0.3) is 0 Å². The van der Waals surface area contributed by atoms with E-state index in [9.17, 15) is 4.79 Å². The first kappa shape index (κ1) is 23.3. The van der Waals surface area contributed by atoms with Crippen molar-refractivity contribution in [1.82, 2.24) is 10.2 Å². The second-order valence-electron chi connectivity index (χ2n) is 6.24. The van der Waals surface area contributed by atoms with Gasteiger partial charge in [-0.1, -0.05) is 17.7 Å². The summed E-state index contributed by atoms with van der Waals surface area (Å²) in [6, 6.07) is 13.2. The highest BCUT2D eigenvalue weighted by atomic mass is 79.9. The maximum Gasteiger partial charge on any atom is 0.280 e. The minimum absolute atomic E-state index is 0.309. The van der Waals surface area contributed by atoms with Crippen LogP contribution in [0.4, 0.5) is 5.69 Å². The number of hydrogen-bond acceptors (Lipinski definition) is 7. The molecule has 3 rings (SSSR count). The molecule has 1 aromatic heterocycles. The Balaban J connectivity index is 1.65. The van der Waals surface area contributed by atoms with Gasteiger partial charge in [0.25, 0.3) is 11.4 Å². The molecule has 31 heavy (non-hydrogen) atoms. The van der Waals surface area contributed by atoms with Crippen LogP contribution < -0.4 is 25.1 Å². The Hall–Kier alpha value is -2.36. The number of aromatic amines is 1. The smallest absolute Gasteiger partial charge is 0.280 e. The number of ether oxygens (including phenoxy) is 3. The molecule has 0 amide bonds. The van der Waals surface area contributed by atoms with E-state index in [1.165, 1.54) is 0 Å². The summed E-state index contributed by atoms with van der Waals surface area (Å²) in [4.78, 5) is 13.1. The zero-order valence-electron chi connectivity index (χ0n) is 16.9. The fourth-order valence-corrected chi connectivity index (χ4v) is 3.94. The molecule has 7 nitrogen and oxygen atoms in total. The van der Waals surface area contributed by atoms with Crippen molar-refractivity contribution in [2.24, 2.45) is 0 Å². The molecule has 2 N–H and O–H groups in total. The van der Waals surface area contributed by atoms with Crippen molar-refractivity contribution in [3.63, 3.8) is 0 Å². The second-order valence-corrected chi connectivity index (χ2v) is 8.64. The van der Waals surface area contributed by atoms with Crippen molar-refractivity contribution >= 4 is 45.0 Å². The first-order valence-electron chi connectivity index (χ1n) is 9.26. The molecule has 0 fully saturated rings. The van der Waals surface area contributed by atoms with E-state index in [-0.39, 0.29) is 5.56 Å². The molecule has 3 aromatic rings. The first-order valence-corrected chi connectivity index (χ1v) is 11.4. The van der Waals surface area contributed by atoms with E-state index in [4.69, 9.17) is 25.8 Å². The van der Waals surface area contributed by atoms with E-state index in [2.05, 4.69) is 31.4 Å². The second kappa shape index (κ2) is 11.3. The Kier molecular flexibility index (Phi) is 8.51. The summed E-state index contributed by atoms with van der Waals surface area (Å²) in [6.45, 7) is 0.837. The molecule has 2 aromatic carbocycles. The van der Waals surface area contributed by atoms with Gasteiger partial charge in [0.2, 0.25) is 0 Å². The Morgan fingerprint density at radius 3 is 2.58 bits per heavy atom. The van der Waals surface area contributed by atoms with Crippen molar-refractivity contribution in [3.05, 3.63) is 67.9 Å². The van der Waals surface area contributed by atoms with Crippen LogP contribution >= 0.6 is 39.3 Å². The lowest BCUT2D eigenvalue weighted by Gasteiger charge is -2.14. The molecule has 1 heterocycles. The van der Waals surface area contributed by atoms with E-state index < -0.39 is 0 Å². The van der Waals surface area contributed by atoms with Crippen LogP contribution in [-0.2, 0) is 6.54 Å². The minimum Gasteiger partial charge on any atom is -0.493 e. The van der Waals surface area contributed by atoms with E-state index in [1.807, 2.05) is 42.5 Å². The van der Waals surface area contributed by atoms with Crippen molar-refractivity contribution in [3.8, 4) is 17.4 Å². The Labute approximate surface area is 197 Å². The van der Waals surface area contributed by atoms with Gasteiger partial charge in [0, 0.05) is 22.2 Å². The minimum atomic E-state index is -0.349. The quantitative estimate of drug-likeness (QED) is 0.284. The monoisotopic (exact) mass is 525 g/mol. The molecule has 0 bridgehead atoms. The largest absolute Gasteiger partial charge is 0.493 e. The molecule has 10 heteroatoms. The highest BCUT2D eigenvalue weighted by Crippen LogP contribution is 2.31. The summed E-state index contributed by atoms with van der Waals surface area (Å²) in [6.07, 6.45) is 0.